The average molecular weight is 239 g/mol. The summed E-state index contributed by atoms with van der Waals surface area (Å²) in [6.07, 6.45) is 5.65. The Bertz CT molecular complexity index is 204. The van der Waals surface area contributed by atoms with Crippen molar-refractivity contribution in [1.29, 1.82) is 0 Å². The second-order valence-electron chi connectivity index (χ2n) is 6.43. The van der Waals surface area contributed by atoms with E-state index in [0.29, 0.717) is 5.41 Å². The topological polar surface area (TPSA) is 9.72 Å². The van der Waals surface area contributed by atoms with Crippen molar-refractivity contribution in [3.63, 3.8) is 0 Å². The van der Waals surface area contributed by atoms with Crippen LogP contribution in [0.15, 0.2) is 0 Å². The van der Waals surface area contributed by atoms with Gasteiger partial charge < -0.3 is 4.90 Å². The van der Waals surface area contributed by atoms with Crippen molar-refractivity contribution in [2.45, 2.75) is 45.6 Å². The quantitative estimate of drug-likeness (QED) is 0.730. The van der Waals surface area contributed by atoms with Gasteiger partial charge in [0.15, 0.2) is 0 Å². The molecule has 0 bridgehead atoms. The molecule has 0 aliphatic carbocycles. The van der Waals surface area contributed by atoms with Gasteiger partial charge in [0.05, 0.1) is 0 Å². The summed E-state index contributed by atoms with van der Waals surface area (Å²) in [6.45, 7) is 9.81. The second-order valence-corrected chi connectivity index (χ2v) is 6.43. The van der Waals surface area contributed by atoms with Crippen LogP contribution < -0.4 is 0 Å². The van der Waals surface area contributed by atoms with Gasteiger partial charge in [-0.1, -0.05) is 0 Å². The maximum atomic E-state index is 2.64. The number of rotatable bonds is 2. The number of piperidine rings is 2. The van der Waals surface area contributed by atoms with E-state index in [1.54, 1.807) is 0 Å². The van der Waals surface area contributed by atoms with Gasteiger partial charge in [0, 0.05) is 33.2 Å². The Hall–Kier alpha value is -0.120. The van der Waals surface area contributed by atoms with Crippen molar-refractivity contribution < 1.29 is 0 Å². The summed E-state index contributed by atoms with van der Waals surface area (Å²) < 4.78 is 0. The standard InChI is InChI=1S/C14H29N3/c1-13(2)16-9-5-14(6-10-16)7-11-17(12-8-14)15(3)4/h13H,5-12H2,1-4H3. The smallest absolute Gasteiger partial charge is 0.0138 e. The molecule has 0 N–H and O–H groups in total. The largest absolute Gasteiger partial charge is 0.301 e. The second kappa shape index (κ2) is 5.25. The molecule has 2 aliphatic rings. The molecule has 2 heterocycles. The van der Waals surface area contributed by atoms with Crippen molar-refractivity contribution in [3.8, 4) is 0 Å². The van der Waals surface area contributed by atoms with Gasteiger partial charge in [-0.2, -0.15) is 0 Å². The first-order valence-corrected chi connectivity index (χ1v) is 7.19. The van der Waals surface area contributed by atoms with E-state index in [9.17, 15) is 0 Å². The molecule has 2 saturated heterocycles. The number of hydrogen-bond donors (Lipinski definition) is 0. The lowest BCUT2D eigenvalue weighted by molar-refractivity contribution is -0.0522. The fourth-order valence-corrected chi connectivity index (χ4v) is 3.38. The van der Waals surface area contributed by atoms with E-state index >= 15 is 0 Å². The third-order valence-corrected chi connectivity index (χ3v) is 4.96. The molecule has 0 aromatic rings. The Morgan fingerprint density at radius 2 is 1.35 bits per heavy atom. The molecule has 100 valence electrons. The van der Waals surface area contributed by atoms with Crippen molar-refractivity contribution in [2.75, 3.05) is 40.3 Å². The Kier molecular flexibility index (Phi) is 4.11. The van der Waals surface area contributed by atoms with Crippen molar-refractivity contribution in [3.05, 3.63) is 0 Å². The fourth-order valence-electron chi connectivity index (χ4n) is 3.38. The SMILES string of the molecule is CC(C)N1CCC2(CC1)CCN(N(C)C)CC2. The highest BCUT2D eigenvalue weighted by Gasteiger charge is 2.38. The van der Waals surface area contributed by atoms with Crippen LogP contribution in [0.4, 0.5) is 0 Å². The molecule has 2 aliphatic heterocycles. The molecule has 0 amide bonds. The molecular weight excluding hydrogens is 210 g/mol. The lowest BCUT2D eigenvalue weighted by atomic mass is 9.71. The zero-order valence-electron chi connectivity index (χ0n) is 12.1. The van der Waals surface area contributed by atoms with E-state index in [0.717, 1.165) is 6.04 Å². The zero-order chi connectivity index (χ0) is 12.5. The summed E-state index contributed by atoms with van der Waals surface area (Å²) in [7, 11) is 4.33. The molecule has 0 radical (unpaired) electrons. The molecule has 3 nitrogen and oxygen atoms in total. The van der Waals surface area contributed by atoms with Gasteiger partial charge in [-0.15, -0.1) is 0 Å². The van der Waals surface area contributed by atoms with Crippen molar-refractivity contribution in [2.24, 2.45) is 5.41 Å². The van der Waals surface area contributed by atoms with Gasteiger partial charge in [-0.05, 0) is 58.0 Å². The minimum atomic E-state index is 0.678. The van der Waals surface area contributed by atoms with E-state index in [4.69, 9.17) is 0 Å². The molecule has 0 aromatic heterocycles. The van der Waals surface area contributed by atoms with Crippen molar-refractivity contribution >= 4 is 0 Å². The number of hydrazine groups is 1. The molecule has 1 spiro atoms. The Morgan fingerprint density at radius 1 is 0.882 bits per heavy atom. The highest BCUT2D eigenvalue weighted by atomic mass is 15.6. The highest BCUT2D eigenvalue weighted by Crippen LogP contribution is 2.41. The number of nitrogens with zero attached hydrogens (tertiary/aromatic N) is 3. The summed E-state index contributed by atoms with van der Waals surface area (Å²) in [5, 5.41) is 4.75. The van der Waals surface area contributed by atoms with E-state index in [1.807, 2.05) is 0 Å². The monoisotopic (exact) mass is 239 g/mol. The number of likely N-dealkylation sites (tertiary alicyclic amines) is 1. The zero-order valence-corrected chi connectivity index (χ0v) is 12.1. The van der Waals surface area contributed by atoms with Crippen LogP contribution in [0.1, 0.15) is 39.5 Å². The first-order chi connectivity index (χ1) is 8.02. The molecule has 17 heavy (non-hydrogen) atoms. The minimum Gasteiger partial charge on any atom is -0.301 e. The lowest BCUT2D eigenvalue weighted by Crippen LogP contribution is -2.50. The Labute approximate surface area is 107 Å². The summed E-state index contributed by atoms with van der Waals surface area (Å²) in [5.41, 5.74) is 0.678. The van der Waals surface area contributed by atoms with Crippen LogP contribution in [0, 0.1) is 5.41 Å². The van der Waals surface area contributed by atoms with Gasteiger partial charge >= 0.3 is 0 Å². The molecular formula is C14H29N3. The van der Waals surface area contributed by atoms with Gasteiger partial charge in [-0.3, -0.25) is 0 Å². The van der Waals surface area contributed by atoms with Crippen LogP contribution in [0.5, 0.6) is 0 Å². The summed E-state index contributed by atoms with van der Waals surface area (Å²) in [4.78, 5) is 2.64. The first kappa shape index (κ1) is 13.3. The Balaban J connectivity index is 1.84. The van der Waals surface area contributed by atoms with Gasteiger partial charge in [-0.25, -0.2) is 10.0 Å². The molecule has 0 unspecified atom stereocenters. The lowest BCUT2D eigenvalue weighted by Gasteiger charge is -2.48. The van der Waals surface area contributed by atoms with Crippen LogP contribution in [-0.2, 0) is 0 Å². The van der Waals surface area contributed by atoms with Crippen LogP contribution in [0.3, 0.4) is 0 Å². The third-order valence-electron chi connectivity index (χ3n) is 4.96. The molecule has 0 atom stereocenters. The van der Waals surface area contributed by atoms with Gasteiger partial charge in [0.1, 0.15) is 0 Å². The fraction of sp³-hybridized carbons (Fsp3) is 1.00. The summed E-state index contributed by atoms with van der Waals surface area (Å²) in [6, 6.07) is 0.731. The average Bonchev–Trinajstić information content (AvgIpc) is 2.30. The maximum absolute atomic E-state index is 2.64. The third kappa shape index (κ3) is 3.01. The van der Waals surface area contributed by atoms with E-state index < -0.39 is 0 Å². The van der Waals surface area contributed by atoms with Gasteiger partial charge in [0.2, 0.25) is 0 Å². The normalized spacial score (nSPS) is 27.2. The predicted octanol–water partition coefficient (Wildman–Crippen LogP) is 2.05. The summed E-state index contributed by atoms with van der Waals surface area (Å²) >= 11 is 0. The van der Waals surface area contributed by atoms with E-state index in [2.05, 4.69) is 42.9 Å². The summed E-state index contributed by atoms with van der Waals surface area (Å²) in [5.74, 6) is 0. The van der Waals surface area contributed by atoms with Crippen LogP contribution in [0.25, 0.3) is 0 Å². The molecule has 2 fully saturated rings. The van der Waals surface area contributed by atoms with Crippen LogP contribution in [-0.4, -0.2) is 61.2 Å². The minimum absolute atomic E-state index is 0.678. The molecule has 0 aromatic carbocycles. The Morgan fingerprint density at radius 3 is 1.76 bits per heavy atom. The van der Waals surface area contributed by atoms with Crippen LogP contribution >= 0.6 is 0 Å². The molecule has 3 heteroatoms. The van der Waals surface area contributed by atoms with Crippen molar-refractivity contribution in [1.82, 2.24) is 14.9 Å². The van der Waals surface area contributed by atoms with Gasteiger partial charge in [0.25, 0.3) is 0 Å². The van der Waals surface area contributed by atoms with E-state index in [-0.39, 0.29) is 0 Å². The molecule has 2 rings (SSSR count). The molecule has 0 saturated carbocycles. The van der Waals surface area contributed by atoms with E-state index in [1.165, 1.54) is 51.9 Å². The number of hydrogen-bond acceptors (Lipinski definition) is 3. The van der Waals surface area contributed by atoms with Crippen LogP contribution in [0.2, 0.25) is 0 Å². The first-order valence-electron chi connectivity index (χ1n) is 7.19. The predicted molar refractivity (Wildman–Crippen MR) is 72.9 cm³/mol. The maximum Gasteiger partial charge on any atom is 0.0138 e. The highest BCUT2D eigenvalue weighted by molar-refractivity contribution is 4.90.